The van der Waals surface area contributed by atoms with Gasteiger partial charge in [0.05, 0.1) is 26.3 Å². The first-order valence-corrected chi connectivity index (χ1v) is 17.4. The molecule has 0 bridgehead atoms. The predicted molar refractivity (Wildman–Crippen MR) is 189 cm³/mol. The lowest BCUT2D eigenvalue weighted by atomic mass is 9.85. The molecule has 12 heteroatoms. The number of aromatic nitrogens is 2. The quantitative estimate of drug-likeness (QED) is 0.114. The number of nitrogens with one attached hydrogen (secondary N) is 2. The molecule has 11 nitrogen and oxygen atoms in total. The summed E-state index contributed by atoms with van der Waals surface area (Å²) in [5.74, 6) is 1.10. The highest BCUT2D eigenvalue weighted by Gasteiger charge is 2.26. The largest absolute Gasteiger partial charge is 0.493 e. The Bertz CT molecular complexity index is 1590. The monoisotopic (exact) mass is 696 g/mol. The zero-order valence-electron chi connectivity index (χ0n) is 29.2. The van der Waals surface area contributed by atoms with E-state index in [1.54, 1.807) is 25.3 Å². The third kappa shape index (κ3) is 11.8. The fourth-order valence-electron chi connectivity index (χ4n) is 6.02. The van der Waals surface area contributed by atoms with Gasteiger partial charge in [0.2, 0.25) is 5.91 Å². The van der Waals surface area contributed by atoms with E-state index in [0.717, 1.165) is 31.2 Å². The molecule has 1 aromatic heterocycles. The van der Waals surface area contributed by atoms with Gasteiger partial charge in [-0.25, -0.2) is 14.8 Å². The first kappa shape index (κ1) is 37.7. The molecule has 0 aliphatic heterocycles. The fraction of sp³-hybridized carbons (Fsp3) is 0.541. The number of esters is 2. The summed E-state index contributed by atoms with van der Waals surface area (Å²) in [7, 11) is 2.92. The second-order valence-electron chi connectivity index (χ2n) is 13.4. The van der Waals surface area contributed by atoms with Crippen LogP contribution in [0.4, 0.5) is 11.5 Å². The molecule has 1 atom stereocenters. The van der Waals surface area contributed by atoms with Gasteiger partial charge in [0, 0.05) is 35.0 Å². The molecule has 0 spiro atoms. The molecule has 1 aliphatic carbocycles. The van der Waals surface area contributed by atoms with Gasteiger partial charge >= 0.3 is 11.9 Å². The minimum absolute atomic E-state index is 0.169. The molecular weight excluding hydrogens is 648 g/mol. The Morgan fingerprint density at radius 2 is 1.76 bits per heavy atom. The third-order valence-electron chi connectivity index (χ3n) is 8.43. The van der Waals surface area contributed by atoms with Gasteiger partial charge < -0.3 is 29.6 Å². The molecule has 0 radical (unpaired) electrons. The maximum Gasteiger partial charge on any atom is 0.328 e. The molecular formula is C37H49ClN4O7. The van der Waals surface area contributed by atoms with Crippen molar-refractivity contribution in [2.45, 2.75) is 103 Å². The van der Waals surface area contributed by atoms with Gasteiger partial charge in [0.15, 0.2) is 11.5 Å². The lowest BCUT2D eigenvalue weighted by molar-refractivity contribution is -0.155. The number of rotatable bonds is 16. The van der Waals surface area contributed by atoms with Crippen LogP contribution in [0.15, 0.2) is 36.7 Å². The van der Waals surface area contributed by atoms with Crippen molar-refractivity contribution in [1.82, 2.24) is 15.3 Å². The van der Waals surface area contributed by atoms with Crippen molar-refractivity contribution < 1.29 is 33.3 Å². The van der Waals surface area contributed by atoms with E-state index in [1.165, 1.54) is 19.9 Å². The van der Waals surface area contributed by atoms with Gasteiger partial charge in [0.25, 0.3) is 0 Å². The summed E-state index contributed by atoms with van der Waals surface area (Å²) in [6, 6.07) is 8.38. The van der Waals surface area contributed by atoms with Crippen molar-refractivity contribution in [3.8, 4) is 11.5 Å². The molecule has 2 aromatic carbocycles. The summed E-state index contributed by atoms with van der Waals surface area (Å²) in [5, 5.41) is 7.51. The normalized spacial score (nSPS) is 14.2. The number of carbonyl (C=O) groups excluding carboxylic acids is 3. The van der Waals surface area contributed by atoms with E-state index < -0.39 is 17.6 Å². The number of anilines is 2. The Morgan fingerprint density at radius 1 is 0.980 bits per heavy atom. The van der Waals surface area contributed by atoms with E-state index in [9.17, 15) is 14.4 Å². The van der Waals surface area contributed by atoms with Crippen molar-refractivity contribution in [2.75, 3.05) is 26.1 Å². The standard InChI is InChI=1S/C37H49ClN4O7/c1-37(2,3)49-34(44)13-9-10-18-48-32-21-27-29(22-31(32)46-4)39-23-40-35(27)42-28-20-26(38)16-14-25(28)15-17-33(43)41-30(36(45)47-5)19-24-11-7-6-8-12-24/h14,16,20-24,30H,6-13,15,17-19H2,1-5H3,(H,41,43)(H,39,40,42)/t30-/m0/s1. The van der Waals surface area contributed by atoms with E-state index in [1.807, 2.05) is 32.9 Å². The van der Waals surface area contributed by atoms with Crippen LogP contribution in [0.2, 0.25) is 5.02 Å². The van der Waals surface area contributed by atoms with E-state index in [0.29, 0.717) is 83.6 Å². The van der Waals surface area contributed by atoms with Gasteiger partial charge in [-0.05, 0) is 76.1 Å². The zero-order valence-corrected chi connectivity index (χ0v) is 30.0. The number of fused-ring (bicyclic) bond motifs is 1. The minimum atomic E-state index is -0.658. The van der Waals surface area contributed by atoms with Crippen LogP contribution < -0.4 is 20.1 Å². The first-order valence-electron chi connectivity index (χ1n) is 17.1. The Hall–Kier alpha value is -4.12. The van der Waals surface area contributed by atoms with Crippen LogP contribution in [0.1, 0.15) is 90.5 Å². The van der Waals surface area contributed by atoms with Crippen molar-refractivity contribution in [3.05, 3.63) is 47.2 Å². The summed E-state index contributed by atoms with van der Waals surface area (Å²) in [6.07, 6.45) is 9.86. The molecule has 1 amide bonds. The van der Waals surface area contributed by atoms with Crippen LogP contribution in [0.3, 0.4) is 0 Å². The van der Waals surface area contributed by atoms with Crippen LogP contribution in [-0.2, 0) is 30.3 Å². The molecule has 266 valence electrons. The molecule has 0 unspecified atom stereocenters. The molecule has 1 saturated carbocycles. The van der Waals surface area contributed by atoms with Gasteiger partial charge in [-0.15, -0.1) is 0 Å². The number of methoxy groups -OCH3 is 2. The van der Waals surface area contributed by atoms with Crippen molar-refractivity contribution >= 4 is 51.9 Å². The second-order valence-corrected chi connectivity index (χ2v) is 13.9. The van der Waals surface area contributed by atoms with Crippen LogP contribution in [0, 0.1) is 5.92 Å². The summed E-state index contributed by atoms with van der Waals surface area (Å²) < 4.78 is 22.0. The number of hydrogen-bond donors (Lipinski definition) is 2. The highest BCUT2D eigenvalue weighted by atomic mass is 35.5. The number of ether oxygens (including phenoxy) is 4. The van der Waals surface area contributed by atoms with E-state index in [2.05, 4.69) is 20.6 Å². The summed E-state index contributed by atoms with van der Waals surface area (Å²) in [4.78, 5) is 46.6. The topological polar surface area (TPSA) is 138 Å². The van der Waals surface area contributed by atoms with Gasteiger partial charge in [0.1, 0.15) is 23.8 Å². The molecule has 4 rings (SSSR count). The molecule has 1 heterocycles. The highest BCUT2D eigenvalue weighted by molar-refractivity contribution is 6.30. The number of halogens is 1. The van der Waals surface area contributed by atoms with Gasteiger partial charge in [-0.2, -0.15) is 0 Å². The van der Waals surface area contributed by atoms with E-state index in [-0.39, 0.29) is 18.3 Å². The number of hydrogen-bond acceptors (Lipinski definition) is 10. The smallest absolute Gasteiger partial charge is 0.328 e. The molecule has 2 N–H and O–H groups in total. The predicted octanol–water partition coefficient (Wildman–Crippen LogP) is 7.49. The second kappa shape index (κ2) is 18.0. The van der Waals surface area contributed by atoms with Gasteiger partial charge in [-0.3, -0.25) is 9.59 Å². The Balaban J connectivity index is 1.43. The highest BCUT2D eigenvalue weighted by Crippen LogP contribution is 2.36. The molecule has 1 fully saturated rings. The average molecular weight is 697 g/mol. The Kier molecular flexibility index (Phi) is 13.9. The first-order chi connectivity index (χ1) is 23.5. The zero-order chi connectivity index (χ0) is 35.4. The molecule has 0 saturated heterocycles. The number of carbonyl (C=O) groups is 3. The summed E-state index contributed by atoms with van der Waals surface area (Å²) in [6.45, 7) is 5.92. The van der Waals surface area contributed by atoms with Crippen LogP contribution in [0.5, 0.6) is 11.5 Å². The molecule has 3 aromatic rings. The average Bonchev–Trinajstić information content (AvgIpc) is 3.06. The molecule has 1 aliphatic rings. The van der Waals surface area contributed by atoms with E-state index >= 15 is 0 Å². The lowest BCUT2D eigenvalue weighted by Gasteiger charge is -2.25. The maximum atomic E-state index is 13.1. The van der Waals surface area contributed by atoms with Crippen molar-refractivity contribution in [1.29, 1.82) is 0 Å². The Morgan fingerprint density at radius 3 is 2.47 bits per heavy atom. The van der Waals surface area contributed by atoms with Crippen LogP contribution in [0.25, 0.3) is 10.9 Å². The SMILES string of the molecule is COC(=O)[C@H](CC1CCCCC1)NC(=O)CCc1ccc(Cl)cc1Nc1ncnc2cc(OC)c(OCCCCC(=O)OC(C)(C)C)cc12. The third-order valence-corrected chi connectivity index (χ3v) is 8.67. The number of nitrogens with zero attached hydrogens (tertiary/aromatic N) is 2. The van der Waals surface area contributed by atoms with Crippen LogP contribution >= 0.6 is 11.6 Å². The van der Waals surface area contributed by atoms with Crippen LogP contribution in [-0.4, -0.2) is 60.3 Å². The number of amides is 1. The Labute approximate surface area is 293 Å². The number of benzene rings is 2. The van der Waals surface area contributed by atoms with Crippen molar-refractivity contribution in [3.63, 3.8) is 0 Å². The van der Waals surface area contributed by atoms with Crippen molar-refractivity contribution in [2.24, 2.45) is 5.92 Å². The lowest BCUT2D eigenvalue weighted by Crippen LogP contribution is -2.43. The molecule has 49 heavy (non-hydrogen) atoms. The summed E-state index contributed by atoms with van der Waals surface area (Å²) in [5.41, 5.74) is 1.67. The summed E-state index contributed by atoms with van der Waals surface area (Å²) >= 11 is 6.41. The minimum Gasteiger partial charge on any atom is -0.493 e. The number of aryl methyl sites for hydroxylation is 1. The van der Waals surface area contributed by atoms with E-state index in [4.69, 9.17) is 30.5 Å². The number of unbranched alkanes of at least 4 members (excludes halogenated alkanes) is 1. The fourth-order valence-corrected chi connectivity index (χ4v) is 6.19. The maximum absolute atomic E-state index is 13.1. The van der Waals surface area contributed by atoms with Gasteiger partial charge in [-0.1, -0.05) is 49.8 Å².